The summed E-state index contributed by atoms with van der Waals surface area (Å²) in [4.78, 5) is 12.9. The van der Waals surface area contributed by atoms with E-state index in [0.29, 0.717) is 27.6 Å². The summed E-state index contributed by atoms with van der Waals surface area (Å²) in [7, 11) is 0. The van der Waals surface area contributed by atoms with Crippen LogP contribution in [0, 0.1) is 6.92 Å². The average molecular weight is 407 g/mol. The third kappa shape index (κ3) is 4.31. The molecule has 0 saturated carbocycles. The van der Waals surface area contributed by atoms with Gasteiger partial charge in [0.25, 0.3) is 5.91 Å². The molecule has 5 nitrogen and oxygen atoms in total. The zero-order valence-electron chi connectivity index (χ0n) is 15.1. The van der Waals surface area contributed by atoms with Gasteiger partial charge < -0.3 is 14.6 Å². The summed E-state index contributed by atoms with van der Waals surface area (Å²) in [6.07, 6.45) is 0. The molecule has 0 spiro atoms. The number of benzene rings is 2. The molecule has 0 fully saturated rings. The zero-order chi connectivity index (χ0) is 20.3. The molecule has 28 heavy (non-hydrogen) atoms. The van der Waals surface area contributed by atoms with E-state index in [4.69, 9.17) is 16.1 Å². The highest BCUT2D eigenvalue weighted by atomic mass is 35.5. The second-order valence-corrected chi connectivity index (χ2v) is 6.50. The van der Waals surface area contributed by atoms with Crippen molar-refractivity contribution in [2.24, 2.45) is 0 Å². The van der Waals surface area contributed by atoms with E-state index in [2.05, 4.69) is 15.2 Å². The molecule has 0 aliphatic carbocycles. The lowest BCUT2D eigenvalue weighted by Gasteiger charge is -2.16. The van der Waals surface area contributed by atoms with E-state index >= 15 is 0 Å². The second kappa shape index (κ2) is 8.39. The summed E-state index contributed by atoms with van der Waals surface area (Å²) >= 11 is 6.22. The second-order valence-electron chi connectivity index (χ2n) is 6.09. The Morgan fingerprint density at radius 2 is 1.96 bits per heavy atom. The molecule has 2 aromatic carbocycles. The molecule has 3 rings (SSSR count). The smallest absolute Gasteiger partial charge is 0.387 e. The molecule has 0 radical (unpaired) electrons. The molecule has 1 atom stereocenters. The van der Waals surface area contributed by atoms with Gasteiger partial charge >= 0.3 is 6.61 Å². The molecule has 0 bridgehead atoms. The molecule has 1 unspecified atom stereocenters. The van der Waals surface area contributed by atoms with Crippen molar-refractivity contribution in [1.29, 1.82) is 0 Å². The summed E-state index contributed by atoms with van der Waals surface area (Å²) in [6, 6.07) is 12.7. The number of halogens is 3. The number of hydrogen-bond donors (Lipinski definition) is 1. The number of carbonyl (C=O) groups is 1. The van der Waals surface area contributed by atoms with Crippen molar-refractivity contribution in [3.63, 3.8) is 0 Å². The molecular weight excluding hydrogens is 390 g/mol. The van der Waals surface area contributed by atoms with Crippen molar-refractivity contribution in [3.05, 3.63) is 70.4 Å². The molecule has 1 amide bonds. The van der Waals surface area contributed by atoms with Crippen LogP contribution in [0.4, 0.5) is 8.78 Å². The zero-order valence-corrected chi connectivity index (χ0v) is 15.8. The Bertz CT molecular complexity index is 991. The molecule has 0 saturated heterocycles. The summed E-state index contributed by atoms with van der Waals surface area (Å²) in [5.41, 5.74) is 1.79. The minimum atomic E-state index is -2.92. The van der Waals surface area contributed by atoms with Crippen LogP contribution >= 0.6 is 11.6 Å². The van der Waals surface area contributed by atoms with Gasteiger partial charge in [-0.15, -0.1) is 0 Å². The van der Waals surface area contributed by atoms with Crippen LogP contribution in [0.2, 0.25) is 5.02 Å². The fraction of sp³-hybridized carbons (Fsp3) is 0.200. The first-order valence-corrected chi connectivity index (χ1v) is 8.81. The lowest BCUT2D eigenvalue weighted by molar-refractivity contribution is -0.0499. The van der Waals surface area contributed by atoms with Gasteiger partial charge in [-0.1, -0.05) is 47.1 Å². The maximum atomic E-state index is 12.9. The van der Waals surface area contributed by atoms with Crippen molar-refractivity contribution < 1.29 is 22.8 Å². The van der Waals surface area contributed by atoms with E-state index in [1.807, 2.05) is 0 Å². The van der Waals surface area contributed by atoms with Crippen LogP contribution in [-0.2, 0) is 0 Å². The number of carbonyl (C=O) groups excluding carboxylic acids is 1. The van der Waals surface area contributed by atoms with Gasteiger partial charge in [0.15, 0.2) is 0 Å². The van der Waals surface area contributed by atoms with Crippen LogP contribution in [0.25, 0.3) is 11.3 Å². The number of ether oxygens (including phenoxy) is 1. The third-order valence-electron chi connectivity index (χ3n) is 4.15. The van der Waals surface area contributed by atoms with Crippen LogP contribution < -0.4 is 10.1 Å². The Balaban J connectivity index is 1.84. The maximum absolute atomic E-state index is 12.9. The van der Waals surface area contributed by atoms with E-state index in [0.717, 1.165) is 0 Å². The number of nitrogens with one attached hydrogen (secondary N) is 1. The van der Waals surface area contributed by atoms with Crippen molar-refractivity contribution in [1.82, 2.24) is 10.5 Å². The minimum Gasteiger partial charge on any atom is -0.435 e. The number of hydrogen-bond acceptors (Lipinski definition) is 4. The molecule has 1 N–H and O–H groups in total. The van der Waals surface area contributed by atoms with Gasteiger partial charge in [-0.3, -0.25) is 4.79 Å². The molecule has 3 aromatic rings. The molecule has 146 valence electrons. The standard InChI is InChI=1S/C20H17ClF2N2O3/c1-11(13-6-5-7-14(10-13)27-20(22)23)24-19(26)17-12(2)28-25-18(17)15-8-3-4-9-16(15)21/h3-11,20H,1-2H3,(H,24,26). The molecule has 0 aliphatic heterocycles. The maximum Gasteiger partial charge on any atom is 0.387 e. The third-order valence-corrected chi connectivity index (χ3v) is 4.48. The minimum absolute atomic E-state index is 0.0199. The largest absolute Gasteiger partial charge is 0.435 e. The van der Waals surface area contributed by atoms with Crippen LogP contribution in [0.5, 0.6) is 5.75 Å². The number of amides is 1. The van der Waals surface area contributed by atoms with Gasteiger partial charge in [-0.2, -0.15) is 8.78 Å². The Kier molecular flexibility index (Phi) is 5.94. The highest BCUT2D eigenvalue weighted by Gasteiger charge is 2.24. The fourth-order valence-electron chi connectivity index (χ4n) is 2.79. The number of alkyl halides is 2. The Morgan fingerprint density at radius 3 is 2.68 bits per heavy atom. The number of aromatic nitrogens is 1. The van der Waals surface area contributed by atoms with E-state index < -0.39 is 18.6 Å². The van der Waals surface area contributed by atoms with Crippen LogP contribution in [0.15, 0.2) is 53.1 Å². The van der Waals surface area contributed by atoms with Gasteiger partial charge in [0.1, 0.15) is 22.8 Å². The lowest BCUT2D eigenvalue weighted by atomic mass is 10.0. The summed E-state index contributed by atoms with van der Waals surface area (Å²) in [5.74, 6) is -0.0535. The van der Waals surface area contributed by atoms with Crippen molar-refractivity contribution in [2.75, 3.05) is 0 Å². The number of rotatable bonds is 6. The number of nitrogens with zero attached hydrogens (tertiary/aromatic N) is 1. The van der Waals surface area contributed by atoms with Crippen LogP contribution in [-0.4, -0.2) is 17.7 Å². The van der Waals surface area contributed by atoms with E-state index in [9.17, 15) is 13.6 Å². The first-order chi connectivity index (χ1) is 13.4. The quantitative estimate of drug-likeness (QED) is 0.595. The van der Waals surface area contributed by atoms with Gasteiger partial charge in [0.05, 0.1) is 11.1 Å². The Morgan fingerprint density at radius 1 is 1.21 bits per heavy atom. The van der Waals surface area contributed by atoms with Crippen molar-refractivity contribution in [3.8, 4) is 17.0 Å². The Labute approximate surface area is 165 Å². The highest BCUT2D eigenvalue weighted by Crippen LogP contribution is 2.31. The van der Waals surface area contributed by atoms with Gasteiger partial charge in [-0.05, 0) is 37.6 Å². The van der Waals surface area contributed by atoms with E-state index in [1.165, 1.54) is 12.1 Å². The molecular formula is C20H17ClF2N2O3. The average Bonchev–Trinajstić information content (AvgIpc) is 3.03. The topological polar surface area (TPSA) is 64.4 Å². The van der Waals surface area contributed by atoms with E-state index in [1.54, 1.807) is 50.2 Å². The predicted octanol–water partition coefficient (Wildman–Crippen LogP) is 5.40. The Hall–Kier alpha value is -2.93. The first kappa shape index (κ1) is 19.8. The molecule has 8 heteroatoms. The normalized spacial score (nSPS) is 12.1. The van der Waals surface area contributed by atoms with Crippen molar-refractivity contribution in [2.45, 2.75) is 26.5 Å². The summed E-state index contributed by atoms with van der Waals surface area (Å²) in [6.45, 7) is 0.444. The fourth-order valence-corrected chi connectivity index (χ4v) is 3.01. The molecule has 1 aromatic heterocycles. The summed E-state index contributed by atoms with van der Waals surface area (Å²) in [5, 5.41) is 7.24. The monoisotopic (exact) mass is 406 g/mol. The van der Waals surface area contributed by atoms with E-state index in [-0.39, 0.29) is 11.3 Å². The lowest BCUT2D eigenvalue weighted by Crippen LogP contribution is -2.27. The molecule has 1 heterocycles. The number of aryl methyl sites for hydroxylation is 1. The van der Waals surface area contributed by atoms with Gasteiger partial charge in [0.2, 0.25) is 0 Å². The first-order valence-electron chi connectivity index (χ1n) is 8.43. The SMILES string of the molecule is Cc1onc(-c2ccccc2Cl)c1C(=O)NC(C)c1cccc(OC(F)F)c1. The highest BCUT2D eigenvalue weighted by molar-refractivity contribution is 6.33. The summed E-state index contributed by atoms with van der Waals surface area (Å²) < 4.78 is 34.4. The molecule has 0 aliphatic rings. The van der Waals surface area contributed by atoms with Gasteiger partial charge in [0, 0.05) is 5.56 Å². The van der Waals surface area contributed by atoms with Crippen LogP contribution in [0.3, 0.4) is 0 Å². The van der Waals surface area contributed by atoms with Crippen LogP contribution in [0.1, 0.15) is 34.6 Å². The van der Waals surface area contributed by atoms with Gasteiger partial charge in [-0.25, -0.2) is 0 Å². The van der Waals surface area contributed by atoms with Crippen molar-refractivity contribution >= 4 is 17.5 Å². The predicted molar refractivity (Wildman–Crippen MR) is 101 cm³/mol.